The van der Waals surface area contributed by atoms with Gasteiger partial charge in [0.15, 0.2) is 0 Å². The summed E-state index contributed by atoms with van der Waals surface area (Å²) in [6.07, 6.45) is 0.972. The predicted octanol–water partition coefficient (Wildman–Crippen LogP) is 4.22. The van der Waals surface area contributed by atoms with Gasteiger partial charge in [0.25, 0.3) is 0 Å². The third kappa shape index (κ3) is 3.92. The molecule has 106 valence electrons. The molecule has 2 aromatic carbocycles. The Kier molecular flexibility index (Phi) is 5.77. The van der Waals surface area contributed by atoms with Crippen LogP contribution in [0.25, 0.3) is 0 Å². The zero-order valence-electron chi connectivity index (χ0n) is 11.6. The molecule has 2 rings (SSSR count). The number of hydrogen-bond donors (Lipinski definition) is 2. The van der Waals surface area contributed by atoms with Crippen LogP contribution in [0.5, 0.6) is 0 Å². The van der Waals surface area contributed by atoms with Crippen molar-refractivity contribution in [2.75, 3.05) is 6.61 Å². The lowest BCUT2D eigenvalue weighted by Gasteiger charge is -2.24. The molecule has 0 heterocycles. The fraction of sp³-hybridized carbons (Fsp3) is 0.294. The molecule has 0 aliphatic carbocycles. The van der Waals surface area contributed by atoms with Gasteiger partial charge in [0.05, 0.1) is 12.6 Å². The van der Waals surface area contributed by atoms with Crippen molar-refractivity contribution in [1.82, 2.24) is 5.32 Å². The van der Waals surface area contributed by atoms with Gasteiger partial charge in [-0.1, -0.05) is 65.3 Å². The van der Waals surface area contributed by atoms with Gasteiger partial charge in [-0.3, -0.25) is 0 Å². The molecule has 20 heavy (non-hydrogen) atoms. The van der Waals surface area contributed by atoms with Gasteiger partial charge in [-0.25, -0.2) is 0 Å². The first-order chi connectivity index (χ1) is 9.74. The summed E-state index contributed by atoms with van der Waals surface area (Å²) in [6, 6.07) is 18.6. The molecule has 2 N–H and O–H groups in total. The lowest BCUT2D eigenvalue weighted by atomic mass is 10.0. The van der Waals surface area contributed by atoms with E-state index in [1.807, 2.05) is 42.5 Å². The van der Waals surface area contributed by atoms with E-state index in [9.17, 15) is 5.11 Å². The van der Waals surface area contributed by atoms with Crippen molar-refractivity contribution in [3.8, 4) is 0 Å². The van der Waals surface area contributed by atoms with Crippen molar-refractivity contribution in [3.63, 3.8) is 0 Å². The van der Waals surface area contributed by atoms with E-state index in [1.54, 1.807) is 0 Å². The van der Waals surface area contributed by atoms with E-state index in [0.29, 0.717) is 0 Å². The minimum absolute atomic E-state index is 0.0415. The highest BCUT2D eigenvalue weighted by molar-refractivity contribution is 9.10. The number of aliphatic hydroxyl groups excluding tert-OH is 1. The fourth-order valence-corrected chi connectivity index (χ4v) is 2.77. The normalized spacial score (nSPS) is 13.9. The Balaban J connectivity index is 2.16. The number of rotatable bonds is 6. The quantitative estimate of drug-likeness (QED) is 0.829. The molecule has 3 heteroatoms. The Morgan fingerprint density at radius 2 is 1.70 bits per heavy atom. The van der Waals surface area contributed by atoms with Crippen molar-refractivity contribution in [3.05, 3.63) is 70.2 Å². The largest absolute Gasteiger partial charge is 0.394 e. The third-order valence-corrected chi connectivity index (χ3v) is 3.94. The number of aliphatic hydroxyl groups is 1. The standard InChI is InChI=1S/C17H20BrNO/c1-2-16(14-9-6-10-15(18)11-14)19-17(12-20)13-7-4-3-5-8-13/h3-11,16-17,19-20H,2,12H2,1H3/t16?,17-/m0/s1. The minimum atomic E-state index is -0.0415. The topological polar surface area (TPSA) is 32.3 Å². The number of hydrogen-bond acceptors (Lipinski definition) is 2. The number of benzene rings is 2. The van der Waals surface area contributed by atoms with E-state index in [2.05, 4.69) is 40.3 Å². The van der Waals surface area contributed by atoms with Crippen LogP contribution in [0.2, 0.25) is 0 Å². The van der Waals surface area contributed by atoms with E-state index in [0.717, 1.165) is 16.5 Å². The molecule has 0 radical (unpaired) electrons. The minimum Gasteiger partial charge on any atom is -0.394 e. The first kappa shape index (κ1) is 15.2. The molecule has 0 bridgehead atoms. The van der Waals surface area contributed by atoms with Crippen LogP contribution >= 0.6 is 15.9 Å². The molecule has 2 aromatic rings. The van der Waals surface area contributed by atoms with Crippen LogP contribution in [0.3, 0.4) is 0 Å². The Hall–Kier alpha value is -1.16. The highest BCUT2D eigenvalue weighted by Crippen LogP contribution is 2.24. The molecule has 0 fully saturated rings. The van der Waals surface area contributed by atoms with Crippen LogP contribution in [0.15, 0.2) is 59.1 Å². The summed E-state index contributed by atoms with van der Waals surface area (Å²) in [7, 11) is 0. The van der Waals surface area contributed by atoms with Crippen LogP contribution in [-0.2, 0) is 0 Å². The van der Waals surface area contributed by atoms with Crippen LogP contribution in [0, 0.1) is 0 Å². The van der Waals surface area contributed by atoms with Gasteiger partial charge >= 0.3 is 0 Å². The van der Waals surface area contributed by atoms with Crippen LogP contribution in [0.1, 0.15) is 36.6 Å². The second-order valence-electron chi connectivity index (χ2n) is 4.83. The molecular weight excluding hydrogens is 314 g/mol. The fourth-order valence-electron chi connectivity index (χ4n) is 2.36. The van der Waals surface area contributed by atoms with E-state index in [-0.39, 0.29) is 18.7 Å². The smallest absolute Gasteiger partial charge is 0.0626 e. The molecule has 0 aliphatic rings. The average Bonchev–Trinajstić information content (AvgIpc) is 2.49. The van der Waals surface area contributed by atoms with Crippen molar-refractivity contribution in [1.29, 1.82) is 0 Å². The summed E-state index contributed by atoms with van der Waals surface area (Å²) in [4.78, 5) is 0. The molecule has 0 saturated carbocycles. The number of nitrogens with one attached hydrogen (secondary N) is 1. The van der Waals surface area contributed by atoms with Crippen molar-refractivity contribution >= 4 is 15.9 Å². The maximum atomic E-state index is 9.65. The summed E-state index contributed by atoms with van der Waals surface area (Å²) in [5.74, 6) is 0. The zero-order chi connectivity index (χ0) is 14.4. The van der Waals surface area contributed by atoms with E-state index in [1.165, 1.54) is 5.56 Å². The summed E-state index contributed by atoms with van der Waals surface area (Å²) in [5.41, 5.74) is 2.35. The van der Waals surface area contributed by atoms with Gasteiger partial charge in [-0.05, 0) is 29.7 Å². The Morgan fingerprint density at radius 3 is 2.30 bits per heavy atom. The lowest BCUT2D eigenvalue weighted by Crippen LogP contribution is -2.28. The Morgan fingerprint density at radius 1 is 1.00 bits per heavy atom. The summed E-state index contributed by atoms with van der Waals surface area (Å²) < 4.78 is 1.08. The molecule has 0 aromatic heterocycles. The van der Waals surface area contributed by atoms with Crippen molar-refractivity contribution in [2.24, 2.45) is 0 Å². The molecule has 1 unspecified atom stereocenters. The monoisotopic (exact) mass is 333 g/mol. The van der Waals surface area contributed by atoms with Gasteiger partial charge in [-0.15, -0.1) is 0 Å². The maximum Gasteiger partial charge on any atom is 0.0626 e. The first-order valence-corrected chi connectivity index (χ1v) is 7.71. The summed E-state index contributed by atoms with van der Waals surface area (Å²) >= 11 is 3.51. The first-order valence-electron chi connectivity index (χ1n) is 6.92. The van der Waals surface area contributed by atoms with Crippen molar-refractivity contribution < 1.29 is 5.11 Å². The van der Waals surface area contributed by atoms with E-state index < -0.39 is 0 Å². The summed E-state index contributed by atoms with van der Waals surface area (Å²) in [6.45, 7) is 2.24. The number of halogens is 1. The van der Waals surface area contributed by atoms with Crippen LogP contribution < -0.4 is 5.32 Å². The van der Waals surface area contributed by atoms with E-state index >= 15 is 0 Å². The molecular formula is C17H20BrNO. The van der Waals surface area contributed by atoms with Gasteiger partial charge in [0.2, 0.25) is 0 Å². The second-order valence-corrected chi connectivity index (χ2v) is 5.74. The molecule has 2 atom stereocenters. The highest BCUT2D eigenvalue weighted by Gasteiger charge is 2.16. The Bertz CT molecular complexity index is 530. The van der Waals surface area contributed by atoms with Gasteiger partial charge in [0, 0.05) is 10.5 Å². The van der Waals surface area contributed by atoms with Crippen LogP contribution in [0.4, 0.5) is 0 Å². The Labute approximate surface area is 129 Å². The van der Waals surface area contributed by atoms with Gasteiger partial charge in [-0.2, -0.15) is 0 Å². The van der Waals surface area contributed by atoms with Crippen molar-refractivity contribution in [2.45, 2.75) is 25.4 Å². The van der Waals surface area contributed by atoms with Gasteiger partial charge in [0.1, 0.15) is 0 Å². The average molecular weight is 334 g/mol. The third-order valence-electron chi connectivity index (χ3n) is 3.45. The molecule has 0 saturated heterocycles. The highest BCUT2D eigenvalue weighted by atomic mass is 79.9. The lowest BCUT2D eigenvalue weighted by molar-refractivity contribution is 0.232. The molecule has 0 amide bonds. The molecule has 0 spiro atoms. The second kappa shape index (κ2) is 7.58. The molecule has 0 aliphatic heterocycles. The molecule has 2 nitrogen and oxygen atoms in total. The predicted molar refractivity (Wildman–Crippen MR) is 86.6 cm³/mol. The zero-order valence-corrected chi connectivity index (χ0v) is 13.2. The van der Waals surface area contributed by atoms with Crippen LogP contribution in [-0.4, -0.2) is 11.7 Å². The van der Waals surface area contributed by atoms with E-state index in [4.69, 9.17) is 0 Å². The maximum absolute atomic E-state index is 9.65. The summed E-state index contributed by atoms with van der Waals surface area (Å²) in [5, 5.41) is 13.2. The SMILES string of the molecule is CCC(N[C@@H](CO)c1ccccc1)c1cccc(Br)c1. The van der Waals surface area contributed by atoms with Gasteiger partial charge < -0.3 is 10.4 Å².